The second kappa shape index (κ2) is 62.9. The van der Waals surface area contributed by atoms with Gasteiger partial charge < -0.3 is 35.2 Å². The van der Waals surface area contributed by atoms with Gasteiger partial charge in [-0.25, -0.2) is 4.18 Å². The highest BCUT2D eigenvalue weighted by Crippen LogP contribution is 2.27. The monoisotopic (exact) mass is 1240 g/mol. The third-order valence-electron chi connectivity index (χ3n) is 18.7. The Bertz CT molecular complexity index is 1510. The summed E-state index contributed by atoms with van der Waals surface area (Å²) in [5.74, 6) is -0.218. The fourth-order valence-corrected chi connectivity index (χ4v) is 13.4. The maximum absolute atomic E-state index is 13.2. The highest BCUT2D eigenvalue weighted by molar-refractivity contribution is 7.80. The Morgan fingerprint density at radius 1 is 0.419 bits per heavy atom. The van der Waals surface area contributed by atoms with Crippen molar-refractivity contribution >= 4 is 16.3 Å². The van der Waals surface area contributed by atoms with E-state index in [2.05, 4.69) is 23.3 Å². The Kier molecular flexibility index (Phi) is 60.8. The Labute approximate surface area is 532 Å². The molecule has 1 aliphatic rings. The number of rotatable bonds is 69. The lowest BCUT2D eigenvalue weighted by atomic mass is 9.99. The van der Waals surface area contributed by atoms with E-state index in [1.807, 2.05) is 0 Å². The van der Waals surface area contributed by atoms with E-state index in [0.29, 0.717) is 12.8 Å². The van der Waals surface area contributed by atoms with Crippen LogP contribution in [0.2, 0.25) is 0 Å². The van der Waals surface area contributed by atoms with Crippen molar-refractivity contribution in [3.63, 3.8) is 0 Å². The molecule has 1 rings (SSSR count). The van der Waals surface area contributed by atoms with Crippen LogP contribution in [0.4, 0.5) is 0 Å². The zero-order valence-corrected chi connectivity index (χ0v) is 57.5. The standard InChI is InChI=1S/C73H145NO11S/c1-3-5-7-9-11-13-15-17-19-21-23-25-26-27-28-29-30-31-32-33-34-35-36-37-38-39-40-41-42-43-45-47-49-51-53-55-57-59-61-63-69(77)74-66(65-83-73-71(79)72(85-86(80,81)82)70(78)68(64-75)84-73)67(76)62-60-58-56-54-52-50-48-46-44-24-22-20-18-16-14-12-10-8-6-4-2/h66-68,70-73,75-76,78-79H,3-65H2,1-2H3,(H,74,77)(H,80,81,82). The van der Waals surface area contributed by atoms with Crippen LogP contribution >= 0.6 is 0 Å². The van der Waals surface area contributed by atoms with Gasteiger partial charge in [-0.3, -0.25) is 9.35 Å². The second-order valence-electron chi connectivity index (χ2n) is 27.0. The van der Waals surface area contributed by atoms with Crippen LogP contribution in [-0.4, -0.2) is 95.4 Å². The molecule has 0 spiro atoms. The lowest BCUT2D eigenvalue weighted by Crippen LogP contribution is -2.61. The zero-order valence-electron chi connectivity index (χ0n) is 56.7. The molecule has 86 heavy (non-hydrogen) atoms. The first-order valence-corrected chi connectivity index (χ1v) is 39.3. The van der Waals surface area contributed by atoms with Gasteiger partial charge in [0.05, 0.1) is 25.4 Å². The molecule has 0 aromatic carbocycles. The number of aliphatic hydroxyl groups is 4. The smallest absolute Gasteiger partial charge is 0.394 e. The molecule has 6 N–H and O–H groups in total. The van der Waals surface area contributed by atoms with E-state index in [-0.39, 0.29) is 12.5 Å². The third-order valence-corrected chi connectivity index (χ3v) is 19.1. The summed E-state index contributed by atoms with van der Waals surface area (Å²) in [5, 5.41) is 45.4. The first kappa shape index (κ1) is 83.1. The predicted molar refractivity (Wildman–Crippen MR) is 361 cm³/mol. The molecule has 7 atom stereocenters. The van der Waals surface area contributed by atoms with Gasteiger partial charge in [-0.1, -0.05) is 386 Å². The molecule has 12 nitrogen and oxygen atoms in total. The van der Waals surface area contributed by atoms with Crippen molar-refractivity contribution in [3.05, 3.63) is 0 Å². The van der Waals surface area contributed by atoms with Crippen molar-refractivity contribution in [1.82, 2.24) is 5.32 Å². The SMILES string of the molecule is CCCCCCCCCCCCCCCCCCCCCCCCCCCCCCCCCCCCCCCCCC(=O)NC(COC1OC(CO)C(O)C(OS(=O)(=O)O)C1O)C(O)CCCCCCCCCCCCCCCCCCCCCC. The number of hydrogen-bond acceptors (Lipinski definition) is 10. The predicted octanol–water partition coefficient (Wildman–Crippen LogP) is 20.3. The molecule has 13 heteroatoms. The van der Waals surface area contributed by atoms with Gasteiger partial charge in [-0.05, 0) is 12.8 Å². The van der Waals surface area contributed by atoms with Gasteiger partial charge in [-0.2, -0.15) is 8.42 Å². The molecule has 0 bridgehead atoms. The zero-order chi connectivity index (χ0) is 62.5. The summed E-state index contributed by atoms with van der Waals surface area (Å²) in [7, 11) is -5.08. The molecule has 0 radical (unpaired) electrons. The summed E-state index contributed by atoms with van der Waals surface area (Å²) in [6.07, 6.45) is 70.3. The highest BCUT2D eigenvalue weighted by Gasteiger charge is 2.48. The fourth-order valence-electron chi connectivity index (χ4n) is 12.9. The Morgan fingerprint density at radius 3 is 0.930 bits per heavy atom. The van der Waals surface area contributed by atoms with E-state index in [9.17, 15) is 38.2 Å². The van der Waals surface area contributed by atoms with Crippen LogP contribution in [0.1, 0.15) is 406 Å². The first-order chi connectivity index (χ1) is 42.0. The molecule has 0 saturated carbocycles. The normalized spacial score (nSPS) is 18.1. The van der Waals surface area contributed by atoms with Crippen molar-refractivity contribution in [2.45, 2.75) is 448 Å². The number of carbonyl (C=O) groups is 1. The van der Waals surface area contributed by atoms with Gasteiger partial charge in [0.2, 0.25) is 5.91 Å². The lowest BCUT2D eigenvalue weighted by Gasteiger charge is -2.41. The van der Waals surface area contributed by atoms with Gasteiger partial charge in [0.25, 0.3) is 0 Å². The van der Waals surface area contributed by atoms with Crippen molar-refractivity contribution in [2.24, 2.45) is 0 Å². The molecule has 1 aliphatic heterocycles. The molecular weight excluding hydrogens is 1100 g/mol. The molecule has 0 aromatic rings. The third kappa shape index (κ3) is 53.7. The second-order valence-corrected chi connectivity index (χ2v) is 28.0. The molecule has 0 aliphatic carbocycles. The topological polar surface area (TPSA) is 192 Å². The van der Waals surface area contributed by atoms with Crippen molar-refractivity contribution in [3.8, 4) is 0 Å². The lowest BCUT2D eigenvalue weighted by molar-refractivity contribution is -0.298. The van der Waals surface area contributed by atoms with Crippen LogP contribution in [0.5, 0.6) is 0 Å². The number of unbranched alkanes of at least 4 members (excludes halogenated alkanes) is 57. The van der Waals surface area contributed by atoms with Crippen LogP contribution in [0.15, 0.2) is 0 Å². The van der Waals surface area contributed by atoms with Crippen LogP contribution in [0, 0.1) is 0 Å². The molecule has 0 aromatic heterocycles. The van der Waals surface area contributed by atoms with Gasteiger partial charge in [-0.15, -0.1) is 0 Å². The summed E-state index contributed by atoms with van der Waals surface area (Å²) in [6.45, 7) is 3.53. The number of aliphatic hydroxyl groups excluding tert-OH is 4. The number of hydrogen-bond donors (Lipinski definition) is 6. The van der Waals surface area contributed by atoms with Gasteiger partial charge in [0.1, 0.15) is 24.4 Å². The van der Waals surface area contributed by atoms with E-state index < -0.39 is 59.9 Å². The molecular formula is C73H145NO11S. The maximum Gasteiger partial charge on any atom is 0.397 e. The van der Waals surface area contributed by atoms with E-state index in [1.54, 1.807) is 0 Å². The minimum absolute atomic E-state index is 0.218. The van der Waals surface area contributed by atoms with Crippen LogP contribution in [0.3, 0.4) is 0 Å². The van der Waals surface area contributed by atoms with Crippen LogP contribution in [-0.2, 0) is 28.9 Å². The average Bonchev–Trinajstić information content (AvgIpc) is 1.66. The largest absolute Gasteiger partial charge is 0.397 e. The summed E-state index contributed by atoms with van der Waals surface area (Å²) in [5.41, 5.74) is 0. The van der Waals surface area contributed by atoms with Gasteiger partial charge in [0, 0.05) is 6.42 Å². The summed E-state index contributed by atoms with van der Waals surface area (Å²) >= 11 is 0. The van der Waals surface area contributed by atoms with E-state index in [0.717, 1.165) is 51.4 Å². The summed E-state index contributed by atoms with van der Waals surface area (Å²) in [6, 6.07) is -0.855. The van der Waals surface area contributed by atoms with Gasteiger partial charge >= 0.3 is 10.4 Å². The summed E-state index contributed by atoms with van der Waals surface area (Å²) in [4.78, 5) is 13.2. The molecule has 1 heterocycles. The Hall–Kier alpha value is -0.900. The number of amides is 1. The van der Waals surface area contributed by atoms with Crippen molar-refractivity contribution in [2.75, 3.05) is 13.2 Å². The Morgan fingerprint density at radius 2 is 0.674 bits per heavy atom. The van der Waals surface area contributed by atoms with Crippen LogP contribution < -0.4 is 5.32 Å². The Balaban J connectivity index is 2.12. The van der Waals surface area contributed by atoms with Crippen LogP contribution in [0.25, 0.3) is 0 Å². The number of ether oxygens (including phenoxy) is 2. The molecule has 1 fully saturated rings. The summed E-state index contributed by atoms with van der Waals surface area (Å²) < 4.78 is 48.1. The molecule has 1 saturated heterocycles. The average molecular weight is 1250 g/mol. The minimum Gasteiger partial charge on any atom is -0.394 e. The quantitative estimate of drug-likeness (QED) is 0.0251. The highest BCUT2D eigenvalue weighted by atomic mass is 32.3. The van der Waals surface area contributed by atoms with Crippen molar-refractivity contribution < 1.29 is 51.8 Å². The number of nitrogens with one attached hydrogen (secondary N) is 1. The molecule has 514 valence electrons. The first-order valence-electron chi connectivity index (χ1n) is 37.9. The minimum atomic E-state index is -5.08. The molecule has 7 unspecified atom stereocenters. The van der Waals surface area contributed by atoms with E-state index in [4.69, 9.17) is 9.47 Å². The molecule has 1 amide bonds. The van der Waals surface area contributed by atoms with Gasteiger partial charge in [0.15, 0.2) is 6.29 Å². The van der Waals surface area contributed by atoms with E-state index in [1.165, 1.54) is 327 Å². The fraction of sp³-hybridized carbons (Fsp3) is 0.986. The number of carbonyl (C=O) groups excluding carboxylic acids is 1. The van der Waals surface area contributed by atoms with E-state index >= 15 is 0 Å². The van der Waals surface area contributed by atoms with Crippen molar-refractivity contribution in [1.29, 1.82) is 0 Å². The maximum atomic E-state index is 13.2.